The van der Waals surface area contributed by atoms with Gasteiger partial charge in [0.1, 0.15) is 11.6 Å². The van der Waals surface area contributed by atoms with Gasteiger partial charge in [-0.3, -0.25) is 4.90 Å². The average Bonchev–Trinajstić information content (AvgIpc) is 3.44. The van der Waals surface area contributed by atoms with Crippen LogP contribution >= 0.6 is 11.6 Å². The molecule has 2 aromatic carbocycles. The van der Waals surface area contributed by atoms with Crippen LogP contribution in [0.25, 0.3) is 11.0 Å². The maximum atomic E-state index is 6.53. The molecule has 0 bridgehead atoms. The molecule has 4 aromatic rings. The van der Waals surface area contributed by atoms with E-state index in [1.807, 2.05) is 24.3 Å². The van der Waals surface area contributed by atoms with Crippen LogP contribution in [0.2, 0.25) is 5.02 Å². The van der Waals surface area contributed by atoms with Gasteiger partial charge in [0, 0.05) is 50.4 Å². The third-order valence-corrected chi connectivity index (χ3v) is 7.82. The smallest absolute Gasteiger partial charge is 0.230 e. The molecule has 216 valence electrons. The highest BCUT2D eigenvalue weighted by molar-refractivity contribution is 6.32. The lowest BCUT2D eigenvalue weighted by atomic mass is 10.0. The van der Waals surface area contributed by atoms with Gasteiger partial charge >= 0.3 is 0 Å². The summed E-state index contributed by atoms with van der Waals surface area (Å²) < 4.78 is 22.6. The van der Waals surface area contributed by atoms with Gasteiger partial charge < -0.3 is 34.1 Å². The van der Waals surface area contributed by atoms with Gasteiger partial charge in [0.25, 0.3) is 0 Å². The van der Waals surface area contributed by atoms with Crippen molar-refractivity contribution in [3.8, 4) is 23.1 Å². The molecule has 11 nitrogen and oxygen atoms in total. The minimum atomic E-state index is 0.367. The molecule has 2 aliphatic rings. The first-order chi connectivity index (χ1) is 20.1. The van der Waals surface area contributed by atoms with Crippen molar-refractivity contribution in [1.29, 1.82) is 0 Å². The summed E-state index contributed by atoms with van der Waals surface area (Å²) in [7, 11) is 3.13. The number of morpholine rings is 1. The number of imidazole rings is 1. The van der Waals surface area contributed by atoms with E-state index in [0.29, 0.717) is 52.5 Å². The van der Waals surface area contributed by atoms with Crippen molar-refractivity contribution in [2.45, 2.75) is 25.4 Å². The second-order valence-corrected chi connectivity index (χ2v) is 10.5. The zero-order valence-corrected chi connectivity index (χ0v) is 24.0. The molecule has 0 saturated carbocycles. The number of ether oxygens (including phenoxy) is 4. The highest BCUT2D eigenvalue weighted by Crippen LogP contribution is 2.39. The Balaban J connectivity index is 1.24. The Labute approximate surface area is 243 Å². The second-order valence-electron chi connectivity index (χ2n) is 10.1. The topological polar surface area (TPSA) is 110 Å². The maximum Gasteiger partial charge on any atom is 0.230 e. The van der Waals surface area contributed by atoms with Gasteiger partial charge in [0.15, 0.2) is 17.2 Å². The third-order valence-electron chi connectivity index (χ3n) is 7.53. The van der Waals surface area contributed by atoms with Crippen LogP contribution in [0.15, 0.2) is 42.5 Å². The second kappa shape index (κ2) is 12.4. The molecule has 2 aliphatic heterocycles. The molecule has 0 amide bonds. The van der Waals surface area contributed by atoms with E-state index in [-0.39, 0.29) is 0 Å². The minimum absolute atomic E-state index is 0.367. The van der Waals surface area contributed by atoms with E-state index >= 15 is 0 Å². The minimum Gasteiger partial charge on any atom is -0.493 e. The predicted molar refractivity (Wildman–Crippen MR) is 158 cm³/mol. The monoisotopic (exact) mass is 579 g/mol. The first kappa shape index (κ1) is 27.4. The molecule has 2 saturated heterocycles. The molecule has 12 heteroatoms. The van der Waals surface area contributed by atoms with Gasteiger partial charge in [-0.1, -0.05) is 23.7 Å². The number of benzene rings is 2. The molecular weight excluding hydrogens is 546 g/mol. The number of nitrogens with zero attached hydrogens (tertiary/aromatic N) is 5. The molecule has 0 aliphatic carbocycles. The summed E-state index contributed by atoms with van der Waals surface area (Å²) in [6.07, 6.45) is 2.08. The number of fused-ring (bicyclic) bond motifs is 1. The number of aromatic amines is 1. The Morgan fingerprint density at radius 3 is 2.46 bits per heavy atom. The number of aromatic nitrogens is 4. The Hall–Kier alpha value is -3.80. The fourth-order valence-corrected chi connectivity index (χ4v) is 5.55. The Morgan fingerprint density at radius 1 is 0.951 bits per heavy atom. The summed E-state index contributed by atoms with van der Waals surface area (Å²) in [5, 5.41) is 3.77. The number of piperidine rings is 1. The van der Waals surface area contributed by atoms with Gasteiger partial charge in [-0.2, -0.15) is 9.97 Å². The van der Waals surface area contributed by atoms with E-state index in [9.17, 15) is 0 Å². The van der Waals surface area contributed by atoms with Gasteiger partial charge in [0.05, 0.1) is 50.0 Å². The number of rotatable bonds is 9. The highest BCUT2D eigenvalue weighted by atomic mass is 35.5. The summed E-state index contributed by atoms with van der Waals surface area (Å²) in [5.74, 6) is 3.83. The molecule has 2 aromatic heterocycles. The standard InChI is InChI=1S/C29H34ClN7O4/c1-38-24-15-20(30)23(16-25(24)39-2)41-28-17-26(31-18-27-32-21-5-3-4-6-22(21)33-27)34-29(35-28)37-9-7-19(8-10-37)36-11-13-40-14-12-36/h3-6,15-17,19H,7-14,18H2,1-2H3,(H,32,33)(H,31,34,35). The zero-order valence-electron chi connectivity index (χ0n) is 23.2. The molecule has 0 radical (unpaired) electrons. The van der Waals surface area contributed by atoms with Crippen molar-refractivity contribution in [1.82, 2.24) is 24.8 Å². The molecule has 2 N–H and O–H groups in total. The van der Waals surface area contributed by atoms with Crippen LogP contribution in [0.3, 0.4) is 0 Å². The Kier molecular flexibility index (Phi) is 8.26. The number of nitrogens with one attached hydrogen (secondary N) is 2. The first-order valence-electron chi connectivity index (χ1n) is 13.8. The fourth-order valence-electron chi connectivity index (χ4n) is 5.36. The Bertz CT molecular complexity index is 1450. The molecule has 4 heterocycles. The lowest BCUT2D eigenvalue weighted by molar-refractivity contribution is 0.0114. The summed E-state index contributed by atoms with van der Waals surface area (Å²) in [5.41, 5.74) is 1.91. The molecule has 0 spiro atoms. The highest BCUT2D eigenvalue weighted by Gasteiger charge is 2.27. The fraction of sp³-hybridized carbons (Fsp3) is 0.414. The van der Waals surface area contributed by atoms with Crippen molar-refractivity contribution in [3.63, 3.8) is 0 Å². The zero-order chi connectivity index (χ0) is 28.2. The summed E-state index contributed by atoms with van der Waals surface area (Å²) in [6.45, 7) is 5.76. The third kappa shape index (κ3) is 6.27. The normalized spacial score (nSPS) is 16.6. The van der Waals surface area contributed by atoms with Crippen LogP contribution < -0.4 is 24.4 Å². The van der Waals surface area contributed by atoms with Gasteiger partial charge in [-0.05, 0) is 25.0 Å². The van der Waals surface area contributed by atoms with Gasteiger partial charge in [-0.15, -0.1) is 0 Å². The molecule has 41 heavy (non-hydrogen) atoms. The molecule has 0 atom stereocenters. The number of para-hydroxylation sites is 2. The van der Waals surface area contributed by atoms with Gasteiger partial charge in [0.2, 0.25) is 11.8 Å². The quantitative estimate of drug-likeness (QED) is 0.289. The van der Waals surface area contributed by atoms with E-state index < -0.39 is 0 Å². The van der Waals surface area contributed by atoms with E-state index in [1.165, 1.54) is 0 Å². The summed E-state index contributed by atoms with van der Waals surface area (Å²) >= 11 is 6.53. The van der Waals surface area contributed by atoms with Crippen molar-refractivity contribution < 1.29 is 18.9 Å². The molecule has 0 unspecified atom stereocenters. The van der Waals surface area contributed by atoms with E-state index in [0.717, 1.165) is 69.1 Å². The molecule has 2 fully saturated rings. The van der Waals surface area contributed by atoms with Crippen molar-refractivity contribution in [2.24, 2.45) is 0 Å². The first-order valence-corrected chi connectivity index (χ1v) is 14.2. The van der Waals surface area contributed by atoms with Crippen LogP contribution in [0, 0.1) is 0 Å². The molecule has 6 rings (SSSR count). The SMILES string of the molecule is COc1cc(Cl)c(Oc2cc(NCc3nc4ccccc4[nH]3)nc(N3CCC(N4CCOCC4)CC3)n2)cc1OC. The number of halogens is 1. The van der Waals surface area contributed by atoms with Crippen LogP contribution in [0.1, 0.15) is 18.7 Å². The lowest BCUT2D eigenvalue weighted by Crippen LogP contribution is -2.49. The molecular formula is C29H34ClN7O4. The van der Waals surface area contributed by atoms with E-state index in [4.69, 9.17) is 40.5 Å². The Morgan fingerprint density at radius 2 is 1.71 bits per heavy atom. The van der Waals surface area contributed by atoms with Crippen molar-refractivity contribution in [3.05, 3.63) is 53.3 Å². The summed E-state index contributed by atoms with van der Waals surface area (Å²) in [6, 6.07) is 13.6. The number of H-pyrrole nitrogens is 1. The number of hydrogen-bond acceptors (Lipinski definition) is 10. The average molecular weight is 580 g/mol. The van der Waals surface area contributed by atoms with Crippen LogP contribution in [0.5, 0.6) is 23.1 Å². The summed E-state index contributed by atoms with van der Waals surface area (Å²) in [4.78, 5) is 22.4. The lowest BCUT2D eigenvalue weighted by Gasteiger charge is -2.40. The van der Waals surface area contributed by atoms with Crippen LogP contribution in [-0.4, -0.2) is 84.5 Å². The largest absolute Gasteiger partial charge is 0.493 e. The van der Waals surface area contributed by atoms with Crippen molar-refractivity contribution in [2.75, 3.05) is 63.8 Å². The van der Waals surface area contributed by atoms with Crippen LogP contribution in [-0.2, 0) is 11.3 Å². The predicted octanol–water partition coefficient (Wildman–Crippen LogP) is 4.73. The number of hydrogen-bond donors (Lipinski definition) is 2. The van der Waals surface area contributed by atoms with Crippen molar-refractivity contribution >= 4 is 34.4 Å². The van der Waals surface area contributed by atoms with Crippen LogP contribution in [0.4, 0.5) is 11.8 Å². The number of anilines is 2. The van der Waals surface area contributed by atoms with E-state index in [1.54, 1.807) is 32.4 Å². The number of methoxy groups -OCH3 is 2. The van der Waals surface area contributed by atoms with E-state index in [2.05, 4.69) is 25.1 Å². The maximum absolute atomic E-state index is 6.53. The van der Waals surface area contributed by atoms with Gasteiger partial charge in [-0.25, -0.2) is 4.98 Å².